The van der Waals surface area contributed by atoms with Gasteiger partial charge in [0.15, 0.2) is 11.5 Å². The molecule has 0 aliphatic heterocycles. The quantitative estimate of drug-likeness (QED) is 0.105. The monoisotopic (exact) mass is 520 g/mol. The molecule has 2 rings (SSSR count). The fourth-order valence-corrected chi connectivity index (χ4v) is 4.27. The Kier molecular flexibility index (Phi) is 14.5. The summed E-state index contributed by atoms with van der Waals surface area (Å²) >= 11 is 6.71. The second kappa shape index (κ2) is 17.3. The minimum Gasteiger partial charge on any atom is -0.489 e. The van der Waals surface area contributed by atoms with Crippen LogP contribution in [0.15, 0.2) is 18.2 Å². The Labute approximate surface area is 222 Å². The molecule has 0 heterocycles. The maximum atomic E-state index is 12.7. The van der Waals surface area contributed by atoms with Crippen LogP contribution < -0.4 is 18.9 Å². The molecule has 0 N–H and O–H groups in total. The molecular formula is C30H45ClO5. The van der Waals surface area contributed by atoms with Crippen LogP contribution in [-0.4, -0.2) is 25.8 Å². The van der Waals surface area contributed by atoms with Gasteiger partial charge in [-0.2, -0.15) is 0 Å². The van der Waals surface area contributed by atoms with Crippen molar-refractivity contribution in [2.24, 2.45) is 0 Å². The highest BCUT2D eigenvalue weighted by molar-refractivity contribution is 6.36. The molecule has 0 fully saturated rings. The zero-order valence-electron chi connectivity index (χ0n) is 22.8. The van der Waals surface area contributed by atoms with Gasteiger partial charge < -0.3 is 18.9 Å². The predicted octanol–water partition coefficient (Wildman–Crippen LogP) is 9.30. The van der Waals surface area contributed by atoms with Gasteiger partial charge in [-0.15, -0.1) is 0 Å². The largest absolute Gasteiger partial charge is 0.489 e. The third-order valence-electron chi connectivity index (χ3n) is 6.01. The molecule has 36 heavy (non-hydrogen) atoms. The summed E-state index contributed by atoms with van der Waals surface area (Å²) in [5, 5.41) is 1.88. The lowest BCUT2D eigenvalue weighted by Crippen LogP contribution is -2.12. The highest BCUT2D eigenvalue weighted by Gasteiger charge is 2.28. The lowest BCUT2D eigenvalue weighted by molar-refractivity contribution is -0.134. The van der Waals surface area contributed by atoms with Gasteiger partial charge in [-0.25, -0.2) is 0 Å². The molecule has 5 nitrogen and oxygen atoms in total. The SMILES string of the molecule is CCCCCCOc1c(OCCCCC)c(OCCCCC)c(OC(=O)CCC)c2c(Cl)cccc12. The van der Waals surface area contributed by atoms with Gasteiger partial charge in [0.05, 0.1) is 30.2 Å². The van der Waals surface area contributed by atoms with Gasteiger partial charge in [0.1, 0.15) is 0 Å². The summed E-state index contributed by atoms with van der Waals surface area (Å²) in [6.45, 7) is 10.0. The summed E-state index contributed by atoms with van der Waals surface area (Å²) in [6.07, 6.45) is 11.5. The number of fused-ring (bicyclic) bond motifs is 1. The fraction of sp³-hybridized carbons (Fsp3) is 0.633. The number of rotatable bonds is 19. The summed E-state index contributed by atoms with van der Waals surface area (Å²) in [6, 6.07) is 5.63. The fourth-order valence-electron chi connectivity index (χ4n) is 4.01. The Morgan fingerprint density at radius 1 is 0.667 bits per heavy atom. The van der Waals surface area contributed by atoms with E-state index in [2.05, 4.69) is 20.8 Å². The molecule has 0 aromatic heterocycles. The zero-order chi connectivity index (χ0) is 26.2. The first-order valence-electron chi connectivity index (χ1n) is 14.0. The van der Waals surface area contributed by atoms with E-state index in [0.717, 1.165) is 63.2 Å². The maximum absolute atomic E-state index is 12.7. The smallest absolute Gasteiger partial charge is 0.311 e. The summed E-state index contributed by atoms with van der Waals surface area (Å²) < 4.78 is 25.0. The van der Waals surface area contributed by atoms with E-state index in [9.17, 15) is 4.79 Å². The van der Waals surface area contributed by atoms with Crippen molar-refractivity contribution in [3.8, 4) is 23.0 Å². The van der Waals surface area contributed by atoms with Crippen LogP contribution in [0.2, 0.25) is 5.02 Å². The van der Waals surface area contributed by atoms with E-state index in [0.29, 0.717) is 66.1 Å². The van der Waals surface area contributed by atoms with Gasteiger partial charge >= 0.3 is 5.97 Å². The van der Waals surface area contributed by atoms with E-state index in [1.807, 2.05) is 19.1 Å². The minimum atomic E-state index is -0.317. The first-order valence-corrected chi connectivity index (χ1v) is 14.3. The first kappa shape index (κ1) is 30.1. The topological polar surface area (TPSA) is 54.0 Å². The number of unbranched alkanes of at least 4 members (excludes halogenated alkanes) is 7. The standard InChI is InChI=1S/C30H45ClO5/c1-5-9-12-15-22-33-27-23-18-16-19-24(31)26(23)28(36-25(32)17-8-4)30(35-21-14-11-7-3)29(27)34-20-13-10-6-2/h16,18-19H,5-15,17,20-22H2,1-4H3. The molecule has 0 unspecified atom stereocenters. The Morgan fingerprint density at radius 2 is 1.19 bits per heavy atom. The lowest BCUT2D eigenvalue weighted by atomic mass is 10.1. The zero-order valence-corrected chi connectivity index (χ0v) is 23.5. The number of ether oxygens (including phenoxy) is 4. The van der Waals surface area contributed by atoms with Crippen molar-refractivity contribution in [3.63, 3.8) is 0 Å². The molecule has 0 saturated carbocycles. The first-order chi connectivity index (χ1) is 17.6. The van der Waals surface area contributed by atoms with Crippen molar-refractivity contribution in [1.29, 1.82) is 0 Å². The molecule has 0 atom stereocenters. The summed E-state index contributed by atoms with van der Waals surface area (Å²) in [4.78, 5) is 12.7. The highest BCUT2D eigenvalue weighted by Crippen LogP contribution is 2.53. The van der Waals surface area contributed by atoms with Crippen molar-refractivity contribution in [2.45, 2.75) is 105 Å². The number of carbonyl (C=O) groups is 1. The van der Waals surface area contributed by atoms with Crippen LogP contribution in [0.25, 0.3) is 10.8 Å². The maximum Gasteiger partial charge on any atom is 0.311 e. The van der Waals surface area contributed by atoms with Crippen LogP contribution in [0.1, 0.15) is 105 Å². The number of carbonyl (C=O) groups excluding carboxylic acids is 1. The van der Waals surface area contributed by atoms with Crippen LogP contribution in [0, 0.1) is 0 Å². The molecule has 0 saturated heterocycles. The van der Waals surface area contributed by atoms with Gasteiger partial charge in [-0.05, 0) is 31.7 Å². The van der Waals surface area contributed by atoms with Crippen molar-refractivity contribution in [3.05, 3.63) is 23.2 Å². The Morgan fingerprint density at radius 3 is 1.78 bits per heavy atom. The Bertz CT molecular complexity index is 927. The van der Waals surface area contributed by atoms with Crippen LogP contribution in [0.5, 0.6) is 23.0 Å². The van der Waals surface area contributed by atoms with E-state index in [4.69, 9.17) is 30.5 Å². The Balaban J connectivity index is 2.63. The minimum absolute atomic E-state index is 0.309. The van der Waals surface area contributed by atoms with Crippen molar-refractivity contribution < 1.29 is 23.7 Å². The van der Waals surface area contributed by atoms with E-state index in [1.54, 1.807) is 6.07 Å². The number of hydrogen-bond acceptors (Lipinski definition) is 5. The normalized spacial score (nSPS) is 11.0. The van der Waals surface area contributed by atoms with Crippen LogP contribution >= 0.6 is 11.6 Å². The molecular weight excluding hydrogens is 476 g/mol. The summed E-state index contributed by atoms with van der Waals surface area (Å²) in [7, 11) is 0. The summed E-state index contributed by atoms with van der Waals surface area (Å²) in [5.41, 5.74) is 0. The number of esters is 1. The van der Waals surface area contributed by atoms with E-state index in [1.165, 1.54) is 6.42 Å². The van der Waals surface area contributed by atoms with E-state index in [-0.39, 0.29) is 5.97 Å². The van der Waals surface area contributed by atoms with Crippen molar-refractivity contribution in [1.82, 2.24) is 0 Å². The van der Waals surface area contributed by atoms with Gasteiger partial charge in [0.2, 0.25) is 11.5 Å². The third-order valence-corrected chi connectivity index (χ3v) is 6.32. The molecule has 202 valence electrons. The predicted molar refractivity (Wildman–Crippen MR) is 149 cm³/mol. The summed E-state index contributed by atoms with van der Waals surface area (Å²) in [5.74, 6) is 1.54. The average Bonchev–Trinajstić information content (AvgIpc) is 2.86. The van der Waals surface area contributed by atoms with Crippen LogP contribution in [-0.2, 0) is 4.79 Å². The molecule has 0 radical (unpaired) electrons. The Hall–Kier alpha value is -2.14. The molecule has 0 aliphatic rings. The van der Waals surface area contributed by atoms with E-state index >= 15 is 0 Å². The number of hydrogen-bond donors (Lipinski definition) is 0. The second-order valence-corrected chi connectivity index (χ2v) is 9.63. The lowest BCUT2D eigenvalue weighted by Gasteiger charge is -2.23. The molecule has 2 aromatic rings. The van der Waals surface area contributed by atoms with E-state index < -0.39 is 0 Å². The molecule has 2 aromatic carbocycles. The average molecular weight is 521 g/mol. The van der Waals surface area contributed by atoms with Crippen LogP contribution in [0.4, 0.5) is 0 Å². The molecule has 0 aliphatic carbocycles. The second-order valence-electron chi connectivity index (χ2n) is 9.22. The molecule has 6 heteroatoms. The highest BCUT2D eigenvalue weighted by atomic mass is 35.5. The number of benzene rings is 2. The van der Waals surface area contributed by atoms with Gasteiger partial charge in [0, 0.05) is 11.8 Å². The van der Waals surface area contributed by atoms with Gasteiger partial charge in [0.25, 0.3) is 0 Å². The molecule has 0 amide bonds. The van der Waals surface area contributed by atoms with Crippen molar-refractivity contribution >= 4 is 28.3 Å². The van der Waals surface area contributed by atoms with Gasteiger partial charge in [-0.1, -0.05) is 96.4 Å². The molecule has 0 spiro atoms. The van der Waals surface area contributed by atoms with Crippen LogP contribution in [0.3, 0.4) is 0 Å². The molecule has 0 bridgehead atoms. The number of halogens is 1. The third kappa shape index (κ3) is 9.06. The van der Waals surface area contributed by atoms with Crippen molar-refractivity contribution in [2.75, 3.05) is 19.8 Å². The van der Waals surface area contributed by atoms with Gasteiger partial charge in [-0.3, -0.25) is 4.79 Å².